The minimum Gasteiger partial charge on any atom is -0.493 e. The van der Waals surface area contributed by atoms with Gasteiger partial charge < -0.3 is 10.5 Å². The summed E-state index contributed by atoms with van der Waals surface area (Å²) in [6.45, 7) is 2.12. The Morgan fingerprint density at radius 3 is 2.63 bits per heavy atom. The van der Waals surface area contributed by atoms with Crippen LogP contribution < -0.4 is 10.5 Å². The van der Waals surface area contributed by atoms with Crippen LogP contribution in [0.2, 0.25) is 5.02 Å². The highest BCUT2D eigenvalue weighted by Crippen LogP contribution is 2.44. The number of aromatic nitrogens is 1. The van der Waals surface area contributed by atoms with E-state index in [2.05, 4.69) is 4.98 Å². The van der Waals surface area contributed by atoms with Crippen LogP contribution in [-0.2, 0) is 19.0 Å². The molecule has 0 saturated carbocycles. The summed E-state index contributed by atoms with van der Waals surface area (Å²) in [6.07, 6.45) is -2.35. The van der Waals surface area contributed by atoms with Crippen molar-refractivity contribution in [3.05, 3.63) is 50.5 Å². The van der Waals surface area contributed by atoms with Crippen LogP contribution >= 0.6 is 22.9 Å². The van der Waals surface area contributed by atoms with Crippen molar-refractivity contribution < 1.29 is 22.7 Å². The largest absolute Gasteiger partial charge is 0.493 e. The summed E-state index contributed by atoms with van der Waals surface area (Å²) >= 11 is 6.94. The Hall–Kier alpha value is -2.32. The van der Waals surface area contributed by atoms with Crippen LogP contribution in [0, 0.1) is 0 Å². The Morgan fingerprint density at radius 2 is 1.97 bits per heavy atom. The van der Waals surface area contributed by atoms with Crippen molar-refractivity contribution in [2.45, 2.75) is 38.8 Å². The Morgan fingerprint density at radius 1 is 1.27 bits per heavy atom. The molecule has 3 aromatic rings. The molecule has 0 atom stereocenters. The smallest absolute Gasteiger partial charge is 0.433 e. The monoisotopic (exact) mass is 454 g/mol. The third kappa shape index (κ3) is 3.52. The molecule has 0 aliphatic heterocycles. The zero-order chi connectivity index (χ0) is 21.6. The molecule has 158 valence electrons. The number of hydrogen-bond donors (Lipinski definition) is 1. The number of pyridine rings is 1. The quantitative estimate of drug-likeness (QED) is 0.487. The van der Waals surface area contributed by atoms with Crippen LogP contribution in [0.25, 0.3) is 10.2 Å². The van der Waals surface area contributed by atoms with Gasteiger partial charge in [0, 0.05) is 10.4 Å². The molecule has 0 amide bonds. The predicted octanol–water partition coefficient (Wildman–Crippen LogP) is 6.06. The van der Waals surface area contributed by atoms with Crippen molar-refractivity contribution in [3.8, 4) is 5.75 Å². The molecule has 2 heterocycles. The second-order valence-corrected chi connectivity index (χ2v) is 8.49. The topological polar surface area (TPSA) is 65.2 Å². The number of thiophene rings is 1. The van der Waals surface area contributed by atoms with E-state index in [4.69, 9.17) is 22.1 Å². The maximum absolute atomic E-state index is 13.6. The fourth-order valence-electron chi connectivity index (χ4n) is 3.90. The highest BCUT2D eigenvalue weighted by atomic mass is 35.5. The number of hydrogen-bond acceptors (Lipinski definition) is 5. The average Bonchev–Trinajstić information content (AvgIpc) is 3.04. The van der Waals surface area contributed by atoms with Crippen LogP contribution in [0.4, 0.5) is 18.9 Å². The van der Waals surface area contributed by atoms with Gasteiger partial charge in [-0.05, 0) is 61.9 Å². The van der Waals surface area contributed by atoms with Crippen LogP contribution in [0.15, 0.2) is 18.2 Å². The number of halogens is 4. The molecule has 0 spiro atoms. The molecule has 1 aliphatic carbocycles. The lowest BCUT2D eigenvalue weighted by atomic mass is 9.88. The van der Waals surface area contributed by atoms with Gasteiger partial charge in [0.15, 0.2) is 0 Å². The summed E-state index contributed by atoms with van der Waals surface area (Å²) in [5.41, 5.74) is 6.58. The average molecular weight is 455 g/mol. The SMILES string of the molecule is CCOc1ccc(Cl)cc1C(=O)c1sc2nc(C(F)(F)F)c3c(c2c1N)CCCC3. The van der Waals surface area contributed by atoms with E-state index < -0.39 is 17.7 Å². The van der Waals surface area contributed by atoms with E-state index in [1.54, 1.807) is 19.1 Å². The number of benzene rings is 1. The maximum Gasteiger partial charge on any atom is 0.433 e. The van der Waals surface area contributed by atoms with E-state index in [1.165, 1.54) is 6.07 Å². The zero-order valence-corrected chi connectivity index (χ0v) is 17.6. The Balaban J connectivity index is 1.93. The van der Waals surface area contributed by atoms with Crippen LogP contribution in [0.1, 0.15) is 51.8 Å². The van der Waals surface area contributed by atoms with E-state index in [0.29, 0.717) is 47.6 Å². The standard InChI is InChI=1S/C21H18ClF3N2O2S/c1-2-29-14-8-7-10(22)9-13(14)17(28)18-16(26)15-11-5-3-4-6-12(11)19(21(23,24)25)27-20(15)30-18/h7-9H,2-6,26H2,1H3. The number of rotatable bonds is 4. The van der Waals surface area contributed by atoms with E-state index in [-0.39, 0.29) is 26.5 Å². The molecule has 2 aromatic heterocycles. The second kappa shape index (κ2) is 7.74. The molecule has 1 aromatic carbocycles. The van der Waals surface area contributed by atoms with Gasteiger partial charge in [-0.2, -0.15) is 13.2 Å². The lowest BCUT2D eigenvalue weighted by Gasteiger charge is -2.21. The van der Waals surface area contributed by atoms with Gasteiger partial charge in [0.05, 0.1) is 17.9 Å². The Kier molecular flexibility index (Phi) is 5.40. The number of aryl methyl sites for hydroxylation is 1. The number of nitrogens with zero attached hydrogens (tertiary/aromatic N) is 1. The normalized spacial score (nSPS) is 14.0. The number of carbonyl (C=O) groups excluding carboxylic acids is 1. The van der Waals surface area contributed by atoms with Crippen LogP contribution in [0.3, 0.4) is 0 Å². The molecule has 9 heteroatoms. The van der Waals surface area contributed by atoms with Crippen LogP contribution in [0.5, 0.6) is 5.75 Å². The molecule has 0 bridgehead atoms. The lowest BCUT2D eigenvalue weighted by Crippen LogP contribution is -2.17. The van der Waals surface area contributed by atoms with Gasteiger partial charge in [-0.3, -0.25) is 4.79 Å². The summed E-state index contributed by atoms with van der Waals surface area (Å²) in [6, 6.07) is 4.67. The van der Waals surface area contributed by atoms with Gasteiger partial charge in [-0.15, -0.1) is 11.3 Å². The first-order valence-corrected chi connectivity index (χ1v) is 10.7. The molecule has 2 N–H and O–H groups in total. The van der Waals surface area contributed by atoms with Crippen molar-refractivity contribution in [1.82, 2.24) is 4.98 Å². The van der Waals surface area contributed by atoms with Crippen molar-refractivity contribution >= 4 is 44.6 Å². The molecular formula is C21H18ClF3N2O2S. The molecule has 0 radical (unpaired) electrons. The predicted molar refractivity (Wildman–Crippen MR) is 112 cm³/mol. The zero-order valence-electron chi connectivity index (χ0n) is 16.0. The number of anilines is 1. The van der Waals surface area contributed by atoms with Crippen molar-refractivity contribution in [1.29, 1.82) is 0 Å². The summed E-state index contributed by atoms with van der Waals surface area (Å²) < 4.78 is 46.4. The number of nitrogens with two attached hydrogens (primary N) is 1. The number of nitrogen functional groups attached to an aromatic ring is 1. The summed E-state index contributed by atoms with van der Waals surface area (Å²) in [7, 11) is 0. The summed E-state index contributed by atoms with van der Waals surface area (Å²) in [5.74, 6) is -0.103. The van der Waals surface area contributed by atoms with Crippen molar-refractivity contribution in [2.75, 3.05) is 12.3 Å². The Labute approximate surface area is 179 Å². The number of alkyl halides is 3. The van der Waals surface area contributed by atoms with E-state index >= 15 is 0 Å². The second-order valence-electron chi connectivity index (χ2n) is 7.05. The molecule has 0 saturated heterocycles. The Bertz CT molecular complexity index is 1160. The first-order chi connectivity index (χ1) is 14.2. The summed E-state index contributed by atoms with van der Waals surface area (Å²) in [4.78, 5) is 17.4. The lowest BCUT2D eigenvalue weighted by molar-refractivity contribution is -0.141. The number of ether oxygens (including phenoxy) is 1. The van der Waals surface area contributed by atoms with Gasteiger partial charge in [0.1, 0.15) is 21.2 Å². The molecule has 30 heavy (non-hydrogen) atoms. The first kappa shape index (κ1) is 20.9. The van der Waals surface area contributed by atoms with Gasteiger partial charge in [0.25, 0.3) is 0 Å². The number of fused-ring (bicyclic) bond motifs is 3. The third-order valence-electron chi connectivity index (χ3n) is 5.16. The van der Waals surface area contributed by atoms with Gasteiger partial charge in [0.2, 0.25) is 5.78 Å². The molecule has 1 aliphatic rings. The molecule has 4 nitrogen and oxygen atoms in total. The number of carbonyl (C=O) groups is 1. The minimum absolute atomic E-state index is 0.129. The van der Waals surface area contributed by atoms with Gasteiger partial charge in [-0.1, -0.05) is 11.6 Å². The fraction of sp³-hybridized carbons (Fsp3) is 0.333. The van der Waals surface area contributed by atoms with Gasteiger partial charge >= 0.3 is 6.18 Å². The molecule has 0 unspecified atom stereocenters. The first-order valence-electron chi connectivity index (χ1n) is 9.50. The van der Waals surface area contributed by atoms with E-state index in [1.807, 2.05) is 0 Å². The summed E-state index contributed by atoms with van der Waals surface area (Å²) in [5, 5.41) is 0.808. The highest BCUT2D eigenvalue weighted by Gasteiger charge is 2.38. The highest BCUT2D eigenvalue weighted by molar-refractivity contribution is 7.21. The van der Waals surface area contributed by atoms with Gasteiger partial charge in [-0.25, -0.2) is 4.98 Å². The van der Waals surface area contributed by atoms with Crippen molar-refractivity contribution in [3.63, 3.8) is 0 Å². The maximum atomic E-state index is 13.6. The van der Waals surface area contributed by atoms with Crippen LogP contribution in [-0.4, -0.2) is 17.4 Å². The minimum atomic E-state index is -4.56. The third-order valence-corrected chi connectivity index (χ3v) is 6.49. The van der Waals surface area contributed by atoms with E-state index in [9.17, 15) is 18.0 Å². The fourth-order valence-corrected chi connectivity index (χ4v) is 5.15. The number of ketones is 1. The molecule has 0 fully saturated rings. The van der Waals surface area contributed by atoms with E-state index in [0.717, 1.165) is 17.8 Å². The molecular weight excluding hydrogens is 437 g/mol. The molecule has 4 rings (SSSR count). The van der Waals surface area contributed by atoms with Crippen molar-refractivity contribution in [2.24, 2.45) is 0 Å².